The minimum absolute atomic E-state index is 0. The standard InChI is InChI=1S/C26H33N3O2.C17H23N3O.C9H11BrO.CH4/c1-3-29(26(30)25-17-22-10-4-5-12-24(22)27-25)19-21-9-7-14-28(18-21)15-13-20-8-6-11-23(16-20)31-2;1-2-20(12-13-6-5-9-18-11-13)17(21)16-10-14-7-3-4-8-15(14)19-16;1-11-9-4-2-3-8(7-9)5-6-10;/h4-6,8,10-12,16-17,21,27H,3,7,9,13-15,18-19H2,1-2H3;3-4,7-8,10,13,18-19H,2,5-6,9,11-12H2,1H3;2-4,7H,5-6H2,1H3;1H4. The van der Waals surface area contributed by atoms with Gasteiger partial charge in [-0.3, -0.25) is 9.59 Å². The van der Waals surface area contributed by atoms with Gasteiger partial charge in [-0.2, -0.15) is 0 Å². The Morgan fingerprint density at radius 3 is 1.72 bits per heavy atom. The highest BCUT2D eigenvalue weighted by atomic mass is 79.9. The Kier molecular flexibility index (Phi) is 20.3. The van der Waals surface area contributed by atoms with E-state index in [1.54, 1.807) is 14.2 Å². The number of halogens is 1. The number of benzene rings is 4. The van der Waals surface area contributed by atoms with Gasteiger partial charge in [0, 0.05) is 66.4 Å². The molecule has 0 radical (unpaired) electrons. The zero-order valence-electron chi connectivity index (χ0n) is 37.7. The Morgan fingerprint density at radius 1 is 0.688 bits per heavy atom. The summed E-state index contributed by atoms with van der Waals surface area (Å²) in [5.41, 5.74) is 6.04. The first-order chi connectivity index (χ1) is 30.8. The number of amides is 2. The molecule has 2 saturated heterocycles. The summed E-state index contributed by atoms with van der Waals surface area (Å²) in [5, 5.41) is 6.60. The molecule has 0 spiro atoms. The van der Waals surface area contributed by atoms with Crippen molar-refractivity contribution in [2.75, 3.05) is 78.5 Å². The number of fused-ring (bicyclic) bond motifs is 2. The van der Waals surface area contributed by atoms with Crippen LogP contribution in [0, 0.1) is 11.8 Å². The fraction of sp³-hybridized carbons (Fsp3) is 0.434. The van der Waals surface area contributed by atoms with Gasteiger partial charge in [0.15, 0.2) is 0 Å². The van der Waals surface area contributed by atoms with Crippen molar-refractivity contribution in [2.45, 2.75) is 59.8 Å². The highest BCUT2D eigenvalue weighted by molar-refractivity contribution is 9.09. The van der Waals surface area contributed by atoms with Crippen LogP contribution in [0.1, 0.15) is 79.1 Å². The molecule has 6 aromatic rings. The van der Waals surface area contributed by atoms with Crippen molar-refractivity contribution in [1.82, 2.24) is 30.0 Å². The van der Waals surface area contributed by atoms with E-state index in [2.05, 4.69) is 80.3 Å². The molecule has 2 atom stereocenters. The number of piperidine rings is 2. The van der Waals surface area contributed by atoms with Gasteiger partial charge < -0.3 is 39.5 Å². The summed E-state index contributed by atoms with van der Waals surface area (Å²) in [6.07, 6.45) is 6.88. The minimum atomic E-state index is 0. The summed E-state index contributed by atoms with van der Waals surface area (Å²) in [6, 6.07) is 36.5. The summed E-state index contributed by atoms with van der Waals surface area (Å²) in [7, 11) is 3.40. The van der Waals surface area contributed by atoms with Crippen LogP contribution >= 0.6 is 15.9 Å². The molecule has 0 aliphatic carbocycles. The van der Waals surface area contributed by atoms with Gasteiger partial charge in [-0.25, -0.2) is 0 Å². The number of aromatic amines is 2. The van der Waals surface area contributed by atoms with E-state index in [9.17, 15) is 9.59 Å². The van der Waals surface area contributed by atoms with Gasteiger partial charge in [-0.1, -0.05) is 84.0 Å². The van der Waals surface area contributed by atoms with Gasteiger partial charge in [-0.05, 0) is 144 Å². The molecule has 2 fully saturated rings. The molecule has 64 heavy (non-hydrogen) atoms. The number of H-pyrrole nitrogens is 2. The smallest absolute Gasteiger partial charge is 0.270 e. The lowest BCUT2D eigenvalue weighted by Gasteiger charge is -2.35. The number of aryl methyl sites for hydroxylation is 1. The van der Waals surface area contributed by atoms with E-state index in [0.717, 1.165) is 110 Å². The van der Waals surface area contributed by atoms with Gasteiger partial charge in [0.2, 0.25) is 0 Å². The van der Waals surface area contributed by atoms with Crippen molar-refractivity contribution >= 4 is 49.6 Å². The number of alkyl halides is 1. The molecule has 2 aliphatic heterocycles. The molecule has 2 unspecified atom stereocenters. The predicted molar refractivity (Wildman–Crippen MR) is 268 cm³/mol. The largest absolute Gasteiger partial charge is 0.497 e. The van der Waals surface area contributed by atoms with Crippen LogP contribution in [0.3, 0.4) is 0 Å². The average molecular weight is 936 g/mol. The summed E-state index contributed by atoms with van der Waals surface area (Å²) >= 11 is 3.39. The molecular weight excluding hydrogens is 865 g/mol. The number of para-hydroxylation sites is 2. The highest BCUT2D eigenvalue weighted by Crippen LogP contribution is 2.23. The molecule has 11 heteroatoms. The van der Waals surface area contributed by atoms with E-state index in [0.29, 0.717) is 23.2 Å². The Balaban J connectivity index is 0.000000201. The number of carbonyl (C=O) groups is 2. The molecule has 2 aromatic heterocycles. The van der Waals surface area contributed by atoms with Crippen molar-refractivity contribution in [1.29, 1.82) is 0 Å². The van der Waals surface area contributed by atoms with E-state index >= 15 is 0 Å². The third kappa shape index (κ3) is 14.5. The number of hydrogen-bond donors (Lipinski definition) is 3. The second-order valence-corrected chi connectivity index (χ2v) is 17.4. The number of nitrogens with zero attached hydrogens (tertiary/aromatic N) is 3. The maximum Gasteiger partial charge on any atom is 0.270 e. The number of methoxy groups -OCH3 is 2. The molecule has 0 bridgehead atoms. The van der Waals surface area contributed by atoms with Crippen LogP contribution in [-0.2, 0) is 12.8 Å². The number of nitrogens with one attached hydrogen (secondary N) is 3. The van der Waals surface area contributed by atoms with Crippen LogP contribution in [0.4, 0.5) is 0 Å². The molecule has 2 amide bonds. The molecule has 2 aliphatic rings. The average Bonchev–Trinajstić information content (AvgIpc) is 3.98. The van der Waals surface area contributed by atoms with Crippen LogP contribution in [0.5, 0.6) is 11.5 Å². The van der Waals surface area contributed by atoms with Gasteiger partial charge >= 0.3 is 0 Å². The molecule has 344 valence electrons. The predicted octanol–water partition coefficient (Wildman–Crippen LogP) is 10.5. The molecule has 3 N–H and O–H groups in total. The number of hydrogen-bond acceptors (Lipinski definition) is 6. The lowest BCUT2D eigenvalue weighted by Crippen LogP contribution is -2.43. The normalized spacial score (nSPS) is 16.1. The first-order valence-electron chi connectivity index (χ1n) is 22.8. The maximum absolute atomic E-state index is 13.1. The number of ether oxygens (including phenoxy) is 2. The third-order valence-electron chi connectivity index (χ3n) is 12.2. The lowest BCUT2D eigenvalue weighted by atomic mass is 9.96. The van der Waals surface area contributed by atoms with Crippen molar-refractivity contribution in [2.24, 2.45) is 11.8 Å². The van der Waals surface area contributed by atoms with E-state index in [4.69, 9.17) is 9.47 Å². The van der Waals surface area contributed by atoms with Crippen molar-refractivity contribution in [3.8, 4) is 11.5 Å². The van der Waals surface area contributed by atoms with Gasteiger partial charge in [0.1, 0.15) is 22.9 Å². The van der Waals surface area contributed by atoms with Crippen LogP contribution in [-0.4, -0.2) is 115 Å². The molecule has 4 aromatic carbocycles. The van der Waals surface area contributed by atoms with E-state index in [-0.39, 0.29) is 19.2 Å². The molecule has 0 saturated carbocycles. The van der Waals surface area contributed by atoms with Gasteiger partial charge in [0.25, 0.3) is 11.8 Å². The quantitative estimate of drug-likeness (QED) is 0.0886. The van der Waals surface area contributed by atoms with Gasteiger partial charge in [0.05, 0.1) is 14.2 Å². The van der Waals surface area contributed by atoms with Crippen LogP contribution < -0.4 is 14.8 Å². The molecular formula is C53H71BrN6O4. The van der Waals surface area contributed by atoms with Crippen molar-refractivity contribution in [3.05, 3.63) is 132 Å². The number of aromatic nitrogens is 2. The molecule has 10 nitrogen and oxygen atoms in total. The third-order valence-corrected chi connectivity index (χ3v) is 12.6. The SMILES string of the molecule is C.CCN(CC1CCCN(CCc2cccc(OC)c2)C1)C(=O)c1cc2ccccc2[nH]1.CCN(CC1CCCNC1)C(=O)c1cc2ccccc2[nH]1.COc1cccc(CCBr)c1. The summed E-state index contributed by atoms with van der Waals surface area (Å²) < 4.78 is 10.4. The number of likely N-dealkylation sites (tertiary alicyclic amines) is 1. The summed E-state index contributed by atoms with van der Waals surface area (Å²) in [4.78, 5) is 38.9. The van der Waals surface area contributed by atoms with Crippen LogP contribution in [0.2, 0.25) is 0 Å². The Morgan fingerprint density at radius 2 is 1.22 bits per heavy atom. The van der Waals surface area contributed by atoms with E-state index in [1.807, 2.05) is 88.7 Å². The minimum Gasteiger partial charge on any atom is -0.497 e. The second kappa shape index (κ2) is 26.0. The Bertz CT molecular complexity index is 2250. The summed E-state index contributed by atoms with van der Waals surface area (Å²) in [5.74, 6) is 3.16. The van der Waals surface area contributed by atoms with Crippen molar-refractivity contribution < 1.29 is 19.1 Å². The van der Waals surface area contributed by atoms with E-state index < -0.39 is 0 Å². The zero-order chi connectivity index (χ0) is 44.4. The van der Waals surface area contributed by atoms with Crippen molar-refractivity contribution in [3.63, 3.8) is 0 Å². The first kappa shape index (κ1) is 49.9. The number of rotatable bonds is 15. The maximum atomic E-state index is 13.1. The lowest BCUT2D eigenvalue weighted by molar-refractivity contribution is 0.0684. The number of carbonyl (C=O) groups excluding carboxylic acids is 2. The fourth-order valence-electron chi connectivity index (χ4n) is 8.69. The second-order valence-electron chi connectivity index (χ2n) is 16.6. The monoisotopic (exact) mass is 934 g/mol. The van der Waals surface area contributed by atoms with Gasteiger partial charge in [-0.15, -0.1) is 0 Å². The Labute approximate surface area is 390 Å². The van der Waals surface area contributed by atoms with E-state index in [1.165, 1.54) is 36.8 Å². The Hall–Kier alpha value is -5.10. The molecule has 8 rings (SSSR count). The zero-order valence-corrected chi connectivity index (χ0v) is 39.3. The summed E-state index contributed by atoms with van der Waals surface area (Å²) in [6.45, 7) is 12.7. The van der Waals surface area contributed by atoms with Crippen LogP contribution in [0.15, 0.2) is 109 Å². The highest BCUT2D eigenvalue weighted by Gasteiger charge is 2.25. The molecule has 4 heterocycles. The first-order valence-corrected chi connectivity index (χ1v) is 23.9. The van der Waals surface area contributed by atoms with Crippen LogP contribution in [0.25, 0.3) is 21.8 Å². The topological polar surface area (TPSA) is 106 Å². The fourth-order valence-corrected chi connectivity index (χ4v) is 9.15.